The highest BCUT2D eigenvalue weighted by atomic mass is 35.5. The molecule has 2 saturated heterocycles. The fraction of sp³-hybridized carbons (Fsp3) is 0.611. The Bertz CT molecular complexity index is 716. The molecule has 2 aliphatic heterocycles. The summed E-state index contributed by atoms with van der Waals surface area (Å²) in [6, 6.07) is 6.55. The number of hydrogen-bond donors (Lipinski definition) is 1. The van der Waals surface area contributed by atoms with Gasteiger partial charge in [-0.25, -0.2) is 8.42 Å². The number of rotatable bonds is 3. The summed E-state index contributed by atoms with van der Waals surface area (Å²) in [5.41, 5.74) is 6.41. The smallest absolute Gasteiger partial charge is 0.253 e. The fourth-order valence-corrected chi connectivity index (χ4v) is 5.32. The standard InChI is InChI=1S/C18H27N3O3S.ClH/c1-14-4-2-3-11-21(14)25(23,24)17-7-5-15(6-8-17)18(22)20-12-9-16(19)10-13-20;/h5-8,14,16H,2-4,9-13,19H2,1H3;1H. The summed E-state index contributed by atoms with van der Waals surface area (Å²) in [6.07, 6.45) is 4.49. The van der Waals surface area contributed by atoms with Gasteiger partial charge in [-0.3, -0.25) is 4.79 Å². The first-order chi connectivity index (χ1) is 11.9. The van der Waals surface area contributed by atoms with Gasteiger partial charge in [0.15, 0.2) is 0 Å². The van der Waals surface area contributed by atoms with E-state index in [-0.39, 0.29) is 35.3 Å². The third-order valence-electron chi connectivity index (χ3n) is 5.28. The Morgan fingerprint density at radius 3 is 2.23 bits per heavy atom. The molecule has 1 aromatic carbocycles. The lowest BCUT2D eigenvalue weighted by molar-refractivity contribution is 0.0714. The van der Waals surface area contributed by atoms with Crippen molar-refractivity contribution in [2.75, 3.05) is 19.6 Å². The zero-order valence-corrected chi connectivity index (χ0v) is 16.8. The van der Waals surface area contributed by atoms with Crippen LogP contribution in [0.3, 0.4) is 0 Å². The zero-order valence-electron chi connectivity index (χ0n) is 15.1. The average molecular weight is 402 g/mol. The lowest BCUT2D eigenvalue weighted by Crippen LogP contribution is -2.43. The molecule has 0 spiro atoms. The second-order valence-electron chi connectivity index (χ2n) is 7.11. The highest BCUT2D eigenvalue weighted by Crippen LogP contribution is 2.25. The summed E-state index contributed by atoms with van der Waals surface area (Å²) in [4.78, 5) is 14.6. The van der Waals surface area contributed by atoms with Gasteiger partial charge in [-0.2, -0.15) is 4.31 Å². The van der Waals surface area contributed by atoms with E-state index in [2.05, 4.69) is 0 Å². The van der Waals surface area contributed by atoms with Crippen LogP contribution in [0, 0.1) is 0 Å². The van der Waals surface area contributed by atoms with Crippen molar-refractivity contribution in [1.29, 1.82) is 0 Å². The largest absolute Gasteiger partial charge is 0.339 e. The molecule has 146 valence electrons. The highest BCUT2D eigenvalue weighted by molar-refractivity contribution is 7.89. The van der Waals surface area contributed by atoms with Crippen LogP contribution < -0.4 is 5.73 Å². The minimum atomic E-state index is -3.49. The Morgan fingerprint density at radius 1 is 1.04 bits per heavy atom. The van der Waals surface area contributed by atoms with Crippen LogP contribution >= 0.6 is 12.4 Å². The van der Waals surface area contributed by atoms with E-state index in [0.717, 1.165) is 32.1 Å². The van der Waals surface area contributed by atoms with Gasteiger partial charge >= 0.3 is 0 Å². The second-order valence-corrected chi connectivity index (χ2v) is 9.01. The van der Waals surface area contributed by atoms with Crippen LogP contribution in [0.25, 0.3) is 0 Å². The maximum absolute atomic E-state index is 12.8. The number of nitrogens with zero attached hydrogens (tertiary/aromatic N) is 2. The molecular weight excluding hydrogens is 374 g/mol. The van der Waals surface area contributed by atoms with E-state index in [1.165, 1.54) is 0 Å². The van der Waals surface area contributed by atoms with Gasteiger partial charge < -0.3 is 10.6 Å². The summed E-state index contributed by atoms with van der Waals surface area (Å²) in [7, 11) is -3.49. The number of hydrogen-bond acceptors (Lipinski definition) is 4. The van der Waals surface area contributed by atoms with E-state index in [4.69, 9.17) is 5.73 Å². The molecule has 8 heteroatoms. The number of sulfonamides is 1. The van der Waals surface area contributed by atoms with Gasteiger partial charge in [0, 0.05) is 37.3 Å². The molecule has 1 atom stereocenters. The SMILES string of the molecule is CC1CCCCN1S(=O)(=O)c1ccc(C(=O)N2CCC(N)CC2)cc1.Cl. The topological polar surface area (TPSA) is 83.7 Å². The number of carbonyl (C=O) groups excluding carboxylic acids is 1. The van der Waals surface area contributed by atoms with E-state index in [9.17, 15) is 13.2 Å². The van der Waals surface area contributed by atoms with Crippen LogP contribution in [0.15, 0.2) is 29.2 Å². The number of piperidine rings is 2. The molecule has 2 heterocycles. The van der Waals surface area contributed by atoms with Crippen LogP contribution in [0.2, 0.25) is 0 Å². The number of carbonyl (C=O) groups is 1. The third kappa shape index (κ3) is 4.39. The summed E-state index contributed by atoms with van der Waals surface area (Å²) in [5, 5.41) is 0. The predicted molar refractivity (Wildman–Crippen MR) is 104 cm³/mol. The number of amides is 1. The quantitative estimate of drug-likeness (QED) is 0.841. The Morgan fingerprint density at radius 2 is 1.65 bits per heavy atom. The lowest BCUT2D eigenvalue weighted by Gasteiger charge is -2.32. The van der Waals surface area contributed by atoms with Crippen molar-refractivity contribution in [3.63, 3.8) is 0 Å². The summed E-state index contributed by atoms with van der Waals surface area (Å²) in [5.74, 6) is -0.0535. The Kier molecular flexibility index (Phi) is 7.07. The molecule has 3 rings (SSSR count). The minimum absolute atomic E-state index is 0. The molecule has 0 bridgehead atoms. The molecule has 2 aliphatic rings. The third-order valence-corrected chi connectivity index (χ3v) is 7.30. The zero-order chi connectivity index (χ0) is 18.0. The van der Waals surface area contributed by atoms with Crippen molar-refractivity contribution < 1.29 is 13.2 Å². The van der Waals surface area contributed by atoms with Crippen molar-refractivity contribution in [1.82, 2.24) is 9.21 Å². The summed E-state index contributed by atoms with van der Waals surface area (Å²) >= 11 is 0. The van der Waals surface area contributed by atoms with Gasteiger partial charge in [-0.1, -0.05) is 6.42 Å². The monoisotopic (exact) mass is 401 g/mol. The van der Waals surface area contributed by atoms with Crippen molar-refractivity contribution in [3.05, 3.63) is 29.8 Å². The van der Waals surface area contributed by atoms with E-state index in [1.54, 1.807) is 33.5 Å². The van der Waals surface area contributed by atoms with Gasteiger partial charge in [-0.05, 0) is 56.9 Å². The molecule has 1 amide bonds. The molecule has 2 fully saturated rings. The Hall–Kier alpha value is -1.15. The average Bonchev–Trinajstić information content (AvgIpc) is 2.62. The molecule has 1 aromatic rings. The molecular formula is C18H28ClN3O3S. The molecule has 0 saturated carbocycles. The molecule has 26 heavy (non-hydrogen) atoms. The molecule has 0 aliphatic carbocycles. The molecule has 2 N–H and O–H groups in total. The van der Waals surface area contributed by atoms with Crippen molar-refractivity contribution in [2.45, 2.75) is 56.0 Å². The molecule has 6 nitrogen and oxygen atoms in total. The summed E-state index contributed by atoms with van der Waals surface area (Å²) < 4.78 is 27.2. The van der Waals surface area contributed by atoms with Gasteiger partial charge in [0.1, 0.15) is 0 Å². The number of benzene rings is 1. The Balaban J connectivity index is 0.00000243. The van der Waals surface area contributed by atoms with Crippen LogP contribution in [0.4, 0.5) is 0 Å². The first-order valence-electron chi connectivity index (χ1n) is 9.06. The predicted octanol–water partition coefficient (Wildman–Crippen LogP) is 2.23. The van der Waals surface area contributed by atoms with Gasteiger partial charge in [0.25, 0.3) is 5.91 Å². The lowest BCUT2D eigenvalue weighted by atomic mass is 10.1. The van der Waals surface area contributed by atoms with Gasteiger partial charge in [-0.15, -0.1) is 12.4 Å². The maximum Gasteiger partial charge on any atom is 0.253 e. The highest BCUT2D eigenvalue weighted by Gasteiger charge is 2.31. The van der Waals surface area contributed by atoms with E-state index < -0.39 is 10.0 Å². The number of nitrogens with two attached hydrogens (primary N) is 1. The first-order valence-corrected chi connectivity index (χ1v) is 10.5. The normalized spacial score (nSPS) is 22.7. The van der Waals surface area contributed by atoms with Crippen LogP contribution in [0.5, 0.6) is 0 Å². The molecule has 1 unspecified atom stereocenters. The number of halogens is 1. The molecule has 0 radical (unpaired) electrons. The number of likely N-dealkylation sites (tertiary alicyclic amines) is 1. The van der Waals surface area contributed by atoms with Gasteiger partial charge in [0.05, 0.1) is 4.90 Å². The second kappa shape index (κ2) is 8.69. The van der Waals surface area contributed by atoms with Gasteiger partial charge in [0.2, 0.25) is 10.0 Å². The Labute approximate surface area is 162 Å². The molecule has 0 aromatic heterocycles. The minimum Gasteiger partial charge on any atom is -0.339 e. The fourth-order valence-electron chi connectivity index (χ4n) is 3.62. The van der Waals surface area contributed by atoms with Crippen LogP contribution in [-0.4, -0.2) is 55.2 Å². The first kappa shape index (κ1) is 21.2. The maximum atomic E-state index is 12.8. The van der Waals surface area contributed by atoms with Crippen LogP contribution in [0.1, 0.15) is 49.4 Å². The van der Waals surface area contributed by atoms with E-state index >= 15 is 0 Å². The summed E-state index contributed by atoms with van der Waals surface area (Å²) in [6.45, 7) is 3.84. The van der Waals surface area contributed by atoms with E-state index in [1.807, 2.05) is 6.92 Å². The van der Waals surface area contributed by atoms with Crippen LogP contribution in [-0.2, 0) is 10.0 Å². The van der Waals surface area contributed by atoms with E-state index in [0.29, 0.717) is 25.2 Å². The van der Waals surface area contributed by atoms with Crippen molar-refractivity contribution in [2.24, 2.45) is 5.73 Å². The van der Waals surface area contributed by atoms with Crippen molar-refractivity contribution >= 4 is 28.3 Å². The van der Waals surface area contributed by atoms with Crippen molar-refractivity contribution in [3.8, 4) is 0 Å².